The van der Waals surface area contributed by atoms with Crippen molar-refractivity contribution in [2.75, 3.05) is 44.7 Å². The Hall–Kier alpha value is -3.53. The smallest absolute Gasteiger partial charge is 0.269 e. The first-order valence-corrected chi connectivity index (χ1v) is 10.9. The first-order chi connectivity index (χ1) is 15.9. The first-order valence-electron chi connectivity index (χ1n) is 10.9. The summed E-state index contributed by atoms with van der Waals surface area (Å²) >= 11 is 0. The van der Waals surface area contributed by atoms with Crippen LogP contribution in [0.4, 0.5) is 10.1 Å². The molecule has 10 heteroatoms. The van der Waals surface area contributed by atoms with Crippen LogP contribution in [0.3, 0.4) is 0 Å². The van der Waals surface area contributed by atoms with Gasteiger partial charge in [0.15, 0.2) is 0 Å². The standard InChI is InChI=1S/C23H27FN6O3/c1-4-33-19-12-15(11-17-20(19)26-14(2)22(31)28-17)13-29-7-9-30(10-8-29)18-6-5-16(23(32)25-3)27-21(18)24/h5-6,11-12H,4,7-10,13H2,1-3H3,(H,25,32)(H,28,31). The molecule has 33 heavy (non-hydrogen) atoms. The van der Waals surface area contributed by atoms with Gasteiger partial charge in [0.1, 0.15) is 22.7 Å². The van der Waals surface area contributed by atoms with E-state index in [0.717, 1.165) is 18.7 Å². The average molecular weight is 455 g/mol. The van der Waals surface area contributed by atoms with Crippen LogP contribution in [0, 0.1) is 12.9 Å². The van der Waals surface area contributed by atoms with Crippen LogP contribution in [0.1, 0.15) is 28.7 Å². The van der Waals surface area contributed by atoms with Gasteiger partial charge < -0.3 is 19.9 Å². The lowest BCUT2D eigenvalue weighted by molar-refractivity contribution is 0.0957. The summed E-state index contributed by atoms with van der Waals surface area (Å²) in [5, 5.41) is 2.44. The molecule has 4 rings (SSSR count). The Morgan fingerprint density at radius 2 is 1.97 bits per heavy atom. The second kappa shape index (κ2) is 9.53. The molecule has 174 valence electrons. The van der Waals surface area contributed by atoms with Crippen molar-refractivity contribution >= 4 is 22.6 Å². The van der Waals surface area contributed by atoms with Crippen molar-refractivity contribution in [2.45, 2.75) is 20.4 Å². The number of halogens is 1. The summed E-state index contributed by atoms with van der Waals surface area (Å²) in [5.74, 6) is -0.418. The fourth-order valence-corrected chi connectivity index (χ4v) is 3.99. The lowest BCUT2D eigenvalue weighted by atomic mass is 10.1. The third-order valence-electron chi connectivity index (χ3n) is 5.70. The third-order valence-corrected chi connectivity index (χ3v) is 5.70. The van der Waals surface area contributed by atoms with Crippen LogP contribution in [0.2, 0.25) is 0 Å². The number of carbonyl (C=O) groups excluding carboxylic acids is 1. The summed E-state index contributed by atoms with van der Waals surface area (Å²) in [5.41, 5.74) is 2.93. The van der Waals surface area contributed by atoms with E-state index in [1.807, 2.05) is 24.0 Å². The Balaban J connectivity index is 1.47. The van der Waals surface area contributed by atoms with E-state index >= 15 is 0 Å². The van der Waals surface area contributed by atoms with Crippen molar-refractivity contribution in [1.82, 2.24) is 25.2 Å². The molecular weight excluding hydrogens is 427 g/mol. The summed E-state index contributed by atoms with van der Waals surface area (Å²) in [6.45, 7) is 7.44. The molecule has 0 saturated carbocycles. The van der Waals surface area contributed by atoms with Gasteiger partial charge in [0.05, 0.1) is 17.8 Å². The Bertz CT molecular complexity index is 1240. The summed E-state index contributed by atoms with van der Waals surface area (Å²) in [4.78, 5) is 39.0. The summed E-state index contributed by atoms with van der Waals surface area (Å²) in [7, 11) is 1.48. The van der Waals surface area contributed by atoms with E-state index in [-0.39, 0.29) is 11.3 Å². The molecule has 3 aromatic rings. The number of aryl methyl sites for hydroxylation is 1. The molecule has 1 fully saturated rings. The molecule has 0 atom stereocenters. The second-order valence-corrected chi connectivity index (χ2v) is 7.92. The molecular formula is C23H27FN6O3. The van der Waals surface area contributed by atoms with Crippen molar-refractivity contribution in [1.29, 1.82) is 0 Å². The minimum atomic E-state index is -0.646. The predicted octanol–water partition coefficient (Wildman–Crippen LogP) is 1.85. The van der Waals surface area contributed by atoms with Gasteiger partial charge in [-0.05, 0) is 43.7 Å². The van der Waals surface area contributed by atoms with Crippen LogP contribution in [-0.2, 0) is 6.54 Å². The number of piperazine rings is 1. The van der Waals surface area contributed by atoms with Crippen molar-refractivity contribution in [3.8, 4) is 5.75 Å². The Labute approximate surface area is 190 Å². The van der Waals surface area contributed by atoms with Gasteiger partial charge in [0.2, 0.25) is 5.95 Å². The first kappa shape index (κ1) is 22.7. The predicted molar refractivity (Wildman–Crippen MR) is 123 cm³/mol. The largest absolute Gasteiger partial charge is 0.492 e. The molecule has 3 heterocycles. The molecule has 1 aliphatic rings. The number of benzene rings is 1. The Morgan fingerprint density at radius 3 is 2.64 bits per heavy atom. The molecule has 0 spiro atoms. The van der Waals surface area contributed by atoms with Gasteiger partial charge in [-0.25, -0.2) is 9.97 Å². The number of hydrogen-bond donors (Lipinski definition) is 2. The van der Waals surface area contributed by atoms with Gasteiger partial charge in [-0.1, -0.05) is 0 Å². The number of hydrogen-bond acceptors (Lipinski definition) is 7. The Morgan fingerprint density at radius 1 is 1.21 bits per heavy atom. The number of nitrogens with one attached hydrogen (secondary N) is 2. The average Bonchev–Trinajstić information content (AvgIpc) is 2.80. The number of anilines is 1. The number of aromatic amines is 1. The highest BCUT2D eigenvalue weighted by Gasteiger charge is 2.22. The number of H-pyrrole nitrogens is 1. The monoisotopic (exact) mass is 454 g/mol. The van der Waals surface area contributed by atoms with Crippen molar-refractivity contribution < 1.29 is 13.9 Å². The molecule has 1 amide bonds. The zero-order valence-electron chi connectivity index (χ0n) is 18.9. The van der Waals surface area contributed by atoms with Crippen LogP contribution in [0.5, 0.6) is 5.75 Å². The maximum absolute atomic E-state index is 14.5. The number of amides is 1. The maximum atomic E-state index is 14.5. The van der Waals surface area contributed by atoms with Gasteiger partial charge in [-0.2, -0.15) is 4.39 Å². The number of rotatable bonds is 6. The topological polar surface area (TPSA) is 103 Å². The third kappa shape index (κ3) is 4.80. The number of carbonyl (C=O) groups is 1. The van der Waals surface area contributed by atoms with Crippen LogP contribution in [-0.4, -0.2) is 65.6 Å². The van der Waals surface area contributed by atoms with E-state index in [9.17, 15) is 14.0 Å². The van der Waals surface area contributed by atoms with Gasteiger partial charge in [-0.15, -0.1) is 0 Å². The fourth-order valence-electron chi connectivity index (χ4n) is 3.99. The highest BCUT2D eigenvalue weighted by molar-refractivity contribution is 5.92. The van der Waals surface area contributed by atoms with Crippen LogP contribution >= 0.6 is 0 Å². The molecule has 1 aliphatic heterocycles. The van der Waals surface area contributed by atoms with E-state index in [1.54, 1.807) is 13.0 Å². The zero-order chi connectivity index (χ0) is 23.5. The van der Waals surface area contributed by atoms with Gasteiger partial charge in [0.25, 0.3) is 11.5 Å². The normalized spacial score (nSPS) is 14.5. The molecule has 1 aromatic carbocycles. The second-order valence-electron chi connectivity index (χ2n) is 7.92. The minimum Gasteiger partial charge on any atom is -0.492 e. The van der Waals surface area contributed by atoms with Crippen LogP contribution in [0.25, 0.3) is 11.0 Å². The molecule has 0 bridgehead atoms. The van der Waals surface area contributed by atoms with Gasteiger partial charge in [-0.3, -0.25) is 14.5 Å². The summed E-state index contributed by atoms with van der Waals surface area (Å²) in [6.07, 6.45) is 0. The molecule has 1 saturated heterocycles. The summed E-state index contributed by atoms with van der Waals surface area (Å²) in [6, 6.07) is 7.03. The fraction of sp³-hybridized carbons (Fsp3) is 0.391. The van der Waals surface area contributed by atoms with Crippen molar-refractivity contribution in [3.05, 3.63) is 57.5 Å². The van der Waals surface area contributed by atoms with Crippen LogP contribution < -0.4 is 20.5 Å². The number of aromatic nitrogens is 3. The Kier molecular flexibility index (Phi) is 6.55. The number of pyridine rings is 1. The molecule has 2 N–H and O–H groups in total. The van der Waals surface area contributed by atoms with E-state index in [2.05, 4.69) is 25.2 Å². The van der Waals surface area contributed by atoms with Crippen molar-refractivity contribution in [3.63, 3.8) is 0 Å². The maximum Gasteiger partial charge on any atom is 0.269 e. The number of ether oxygens (including phenoxy) is 1. The number of nitrogens with zero attached hydrogens (tertiary/aromatic N) is 4. The number of fused-ring (bicyclic) bond motifs is 1. The molecule has 0 unspecified atom stereocenters. The van der Waals surface area contributed by atoms with E-state index < -0.39 is 11.9 Å². The summed E-state index contributed by atoms with van der Waals surface area (Å²) < 4.78 is 20.3. The molecule has 9 nitrogen and oxygen atoms in total. The lowest BCUT2D eigenvalue weighted by Crippen LogP contribution is -2.46. The zero-order valence-corrected chi connectivity index (χ0v) is 18.9. The highest BCUT2D eigenvalue weighted by Crippen LogP contribution is 2.26. The minimum absolute atomic E-state index is 0.0570. The van der Waals surface area contributed by atoms with E-state index in [4.69, 9.17) is 4.74 Å². The van der Waals surface area contributed by atoms with Crippen molar-refractivity contribution in [2.24, 2.45) is 0 Å². The lowest BCUT2D eigenvalue weighted by Gasteiger charge is -2.36. The molecule has 0 radical (unpaired) electrons. The molecule has 0 aliphatic carbocycles. The van der Waals surface area contributed by atoms with Gasteiger partial charge >= 0.3 is 0 Å². The highest BCUT2D eigenvalue weighted by atomic mass is 19.1. The van der Waals surface area contributed by atoms with Crippen LogP contribution in [0.15, 0.2) is 29.1 Å². The molecule has 2 aromatic heterocycles. The van der Waals surface area contributed by atoms with E-state index in [0.29, 0.717) is 54.4 Å². The quantitative estimate of drug-likeness (QED) is 0.548. The SMILES string of the molecule is CCOc1cc(CN2CCN(c3ccc(C(=O)NC)nc3F)CC2)cc2[nH]c(=O)c(C)nc12. The van der Waals surface area contributed by atoms with Gasteiger partial charge in [0, 0.05) is 39.8 Å². The van der Waals surface area contributed by atoms with E-state index in [1.165, 1.54) is 13.1 Å².